The van der Waals surface area contributed by atoms with Gasteiger partial charge in [0.05, 0.1) is 10.6 Å². The molecule has 1 aliphatic heterocycles. The summed E-state index contributed by atoms with van der Waals surface area (Å²) in [6.07, 6.45) is 2.23. The second-order valence-electron chi connectivity index (χ2n) is 5.22. The van der Waals surface area contributed by atoms with Gasteiger partial charge in [0.25, 0.3) is 0 Å². The molecule has 0 spiro atoms. The highest BCUT2D eigenvalue weighted by Gasteiger charge is 2.23. The van der Waals surface area contributed by atoms with Crippen LogP contribution in [-0.2, 0) is 0 Å². The van der Waals surface area contributed by atoms with Crippen molar-refractivity contribution in [1.29, 1.82) is 0 Å². The third kappa shape index (κ3) is 3.38. The lowest BCUT2D eigenvalue weighted by Crippen LogP contribution is -2.42. The quantitative estimate of drug-likeness (QED) is 0.842. The average Bonchev–Trinajstić information content (AvgIpc) is 2.33. The predicted octanol–water partition coefficient (Wildman–Crippen LogP) is 2.87. The van der Waals surface area contributed by atoms with Crippen molar-refractivity contribution in [3.63, 3.8) is 0 Å². The van der Waals surface area contributed by atoms with Gasteiger partial charge in [-0.15, -0.1) is 0 Å². The van der Waals surface area contributed by atoms with Gasteiger partial charge >= 0.3 is 0 Å². The molecule has 2 atom stereocenters. The summed E-state index contributed by atoms with van der Waals surface area (Å²) in [6, 6.07) is 6.75. The summed E-state index contributed by atoms with van der Waals surface area (Å²) in [5.41, 5.74) is 7.47. The molecule has 0 saturated carbocycles. The lowest BCUT2D eigenvalue weighted by Gasteiger charge is -2.36. The molecule has 1 saturated heterocycles. The smallest absolute Gasteiger partial charge is 0.107 e. The van der Waals surface area contributed by atoms with E-state index in [1.165, 1.54) is 0 Å². The first-order valence-electron chi connectivity index (χ1n) is 6.54. The molecule has 0 aliphatic carbocycles. The maximum absolute atomic E-state index is 6.18. The standard InChI is InChI=1S/C14H20ClN3S/c1-9-8-10(6-7-18(9)2)17-12-5-3-4-11(15)13(12)14(16)19/h3-5,9-10,17H,6-8H2,1-2H3,(H2,16,19). The Morgan fingerprint density at radius 1 is 1.53 bits per heavy atom. The van der Waals surface area contributed by atoms with Crippen LogP contribution in [0.15, 0.2) is 18.2 Å². The maximum atomic E-state index is 6.18. The van der Waals surface area contributed by atoms with E-state index in [0.717, 1.165) is 30.6 Å². The van der Waals surface area contributed by atoms with Crippen molar-refractivity contribution in [1.82, 2.24) is 4.90 Å². The summed E-state index contributed by atoms with van der Waals surface area (Å²) in [6.45, 7) is 3.35. The normalized spacial score (nSPS) is 24.2. The van der Waals surface area contributed by atoms with Crippen LogP contribution in [0.1, 0.15) is 25.3 Å². The minimum Gasteiger partial charge on any atom is -0.389 e. The zero-order chi connectivity index (χ0) is 14.0. The highest BCUT2D eigenvalue weighted by molar-refractivity contribution is 7.80. The molecule has 1 aromatic rings. The van der Waals surface area contributed by atoms with E-state index in [9.17, 15) is 0 Å². The molecule has 2 rings (SSSR count). The third-order valence-electron chi connectivity index (χ3n) is 3.83. The summed E-state index contributed by atoms with van der Waals surface area (Å²) in [4.78, 5) is 2.72. The summed E-state index contributed by atoms with van der Waals surface area (Å²) < 4.78 is 0. The highest BCUT2D eigenvalue weighted by Crippen LogP contribution is 2.27. The molecule has 5 heteroatoms. The van der Waals surface area contributed by atoms with Gasteiger partial charge in [0, 0.05) is 24.3 Å². The average molecular weight is 298 g/mol. The molecule has 0 aromatic heterocycles. The number of rotatable bonds is 3. The Morgan fingerprint density at radius 3 is 2.89 bits per heavy atom. The van der Waals surface area contributed by atoms with Gasteiger partial charge in [0.1, 0.15) is 4.99 Å². The molecule has 0 radical (unpaired) electrons. The molecular weight excluding hydrogens is 278 g/mol. The Kier molecular flexibility index (Phi) is 4.66. The predicted molar refractivity (Wildman–Crippen MR) is 86.1 cm³/mol. The number of nitrogens with two attached hydrogens (primary N) is 1. The number of nitrogens with one attached hydrogen (secondary N) is 1. The van der Waals surface area contributed by atoms with Crippen LogP contribution in [0, 0.1) is 0 Å². The summed E-state index contributed by atoms with van der Waals surface area (Å²) >= 11 is 11.3. The Bertz CT molecular complexity index is 478. The topological polar surface area (TPSA) is 41.3 Å². The molecular formula is C14H20ClN3S. The first kappa shape index (κ1) is 14.6. The maximum Gasteiger partial charge on any atom is 0.107 e. The van der Waals surface area contributed by atoms with E-state index in [0.29, 0.717) is 22.1 Å². The van der Waals surface area contributed by atoms with Crippen LogP contribution in [0.3, 0.4) is 0 Å². The Morgan fingerprint density at radius 2 is 2.26 bits per heavy atom. The number of thiocarbonyl (C=S) groups is 1. The fourth-order valence-corrected chi connectivity index (χ4v) is 3.09. The first-order valence-corrected chi connectivity index (χ1v) is 7.32. The molecule has 2 unspecified atom stereocenters. The Hall–Kier alpha value is -0.840. The van der Waals surface area contributed by atoms with E-state index in [1.807, 2.05) is 18.2 Å². The van der Waals surface area contributed by atoms with Gasteiger partial charge in [0.2, 0.25) is 0 Å². The zero-order valence-electron chi connectivity index (χ0n) is 11.3. The van der Waals surface area contributed by atoms with Crippen molar-refractivity contribution in [2.45, 2.75) is 31.8 Å². The van der Waals surface area contributed by atoms with Gasteiger partial charge in [-0.1, -0.05) is 29.9 Å². The summed E-state index contributed by atoms with van der Waals surface area (Å²) in [5, 5.41) is 4.15. The minimum atomic E-state index is 0.342. The largest absolute Gasteiger partial charge is 0.389 e. The van der Waals surface area contributed by atoms with Gasteiger partial charge in [-0.2, -0.15) is 0 Å². The van der Waals surface area contributed by atoms with Crippen molar-refractivity contribution < 1.29 is 0 Å². The van der Waals surface area contributed by atoms with Crippen molar-refractivity contribution in [2.75, 3.05) is 18.9 Å². The minimum absolute atomic E-state index is 0.342. The van der Waals surface area contributed by atoms with Crippen LogP contribution >= 0.6 is 23.8 Å². The SMILES string of the molecule is CC1CC(Nc2cccc(Cl)c2C(N)=S)CCN1C. The zero-order valence-corrected chi connectivity index (χ0v) is 12.9. The van der Waals surface area contributed by atoms with Crippen LogP contribution in [-0.4, -0.2) is 35.6 Å². The molecule has 1 aromatic carbocycles. The lowest BCUT2D eigenvalue weighted by atomic mass is 9.98. The molecule has 0 bridgehead atoms. The number of hydrogen-bond donors (Lipinski definition) is 2. The fraction of sp³-hybridized carbons (Fsp3) is 0.500. The van der Waals surface area contributed by atoms with Crippen molar-refractivity contribution >= 4 is 34.5 Å². The van der Waals surface area contributed by atoms with Crippen LogP contribution in [0.25, 0.3) is 0 Å². The second kappa shape index (κ2) is 6.07. The summed E-state index contributed by atoms with van der Waals surface area (Å²) in [5.74, 6) is 0. The van der Waals surface area contributed by atoms with E-state index in [1.54, 1.807) is 0 Å². The van der Waals surface area contributed by atoms with Gasteiger partial charge in [-0.05, 0) is 38.9 Å². The van der Waals surface area contributed by atoms with Crippen LogP contribution in [0.4, 0.5) is 5.69 Å². The Labute approximate surface area is 125 Å². The molecule has 3 nitrogen and oxygen atoms in total. The molecule has 104 valence electrons. The number of benzene rings is 1. The van der Waals surface area contributed by atoms with Crippen LogP contribution in [0.5, 0.6) is 0 Å². The molecule has 1 fully saturated rings. The van der Waals surface area contributed by atoms with Gasteiger partial charge in [-0.25, -0.2) is 0 Å². The fourth-order valence-electron chi connectivity index (χ4n) is 2.54. The van der Waals surface area contributed by atoms with Gasteiger partial charge < -0.3 is 16.0 Å². The number of piperidine rings is 1. The molecule has 0 amide bonds. The number of anilines is 1. The van der Waals surface area contributed by atoms with E-state index in [4.69, 9.17) is 29.6 Å². The van der Waals surface area contributed by atoms with Gasteiger partial charge in [0.15, 0.2) is 0 Å². The number of nitrogens with zero attached hydrogens (tertiary/aromatic N) is 1. The van der Waals surface area contributed by atoms with E-state index < -0.39 is 0 Å². The number of halogens is 1. The van der Waals surface area contributed by atoms with Crippen LogP contribution in [0.2, 0.25) is 5.02 Å². The monoisotopic (exact) mass is 297 g/mol. The van der Waals surface area contributed by atoms with E-state index in [2.05, 4.69) is 24.2 Å². The third-order valence-corrected chi connectivity index (χ3v) is 4.35. The van der Waals surface area contributed by atoms with E-state index in [-0.39, 0.29) is 0 Å². The van der Waals surface area contributed by atoms with Crippen molar-refractivity contribution in [3.05, 3.63) is 28.8 Å². The number of hydrogen-bond acceptors (Lipinski definition) is 3. The second-order valence-corrected chi connectivity index (χ2v) is 6.07. The first-order chi connectivity index (χ1) is 8.99. The van der Waals surface area contributed by atoms with Gasteiger partial charge in [-0.3, -0.25) is 0 Å². The van der Waals surface area contributed by atoms with Crippen molar-refractivity contribution in [3.8, 4) is 0 Å². The van der Waals surface area contributed by atoms with E-state index >= 15 is 0 Å². The number of likely N-dealkylation sites (tertiary alicyclic amines) is 1. The highest BCUT2D eigenvalue weighted by atomic mass is 35.5. The van der Waals surface area contributed by atoms with Crippen LogP contribution < -0.4 is 11.1 Å². The lowest BCUT2D eigenvalue weighted by molar-refractivity contribution is 0.190. The molecule has 3 N–H and O–H groups in total. The van der Waals surface area contributed by atoms with Crippen molar-refractivity contribution in [2.24, 2.45) is 5.73 Å². The molecule has 1 heterocycles. The summed E-state index contributed by atoms with van der Waals surface area (Å²) in [7, 11) is 2.17. The molecule has 19 heavy (non-hydrogen) atoms. The molecule has 1 aliphatic rings. The Balaban J connectivity index is 2.15.